The van der Waals surface area contributed by atoms with Gasteiger partial charge in [0.1, 0.15) is 0 Å². The van der Waals surface area contributed by atoms with Gasteiger partial charge in [-0.15, -0.1) is 0 Å². The highest BCUT2D eigenvalue weighted by Gasteiger charge is 2.02. The first kappa shape index (κ1) is 12.7. The molecule has 0 bridgehead atoms. The number of nitrogens with one attached hydrogen (secondary N) is 1. The van der Waals surface area contributed by atoms with Gasteiger partial charge in [0.15, 0.2) is 0 Å². The SMILES string of the molecule is Cc1cc(C)c(NCCc2ccccc2)c(C)c1. The Morgan fingerprint density at radius 2 is 1.50 bits per heavy atom. The Bertz CT molecular complexity index is 491. The predicted octanol–water partition coefficient (Wildman–Crippen LogP) is 4.27. The maximum absolute atomic E-state index is 3.56. The number of hydrogen-bond donors (Lipinski definition) is 1. The fourth-order valence-corrected chi connectivity index (χ4v) is 2.44. The Balaban J connectivity index is 1.99. The predicted molar refractivity (Wildman–Crippen MR) is 79.3 cm³/mol. The number of rotatable bonds is 4. The Morgan fingerprint density at radius 1 is 0.889 bits per heavy atom. The van der Waals surface area contributed by atoms with E-state index in [9.17, 15) is 0 Å². The van der Waals surface area contributed by atoms with Gasteiger partial charge in [-0.1, -0.05) is 48.0 Å². The summed E-state index contributed by atoms with van der Waals surface area (Å²) < 4.78 is 0. The third kappa shape index (κ3) is 3.13. The normalized spacial score (nSPS) is 10.4. The Hall–Kier alpha value is -1.76. The van der Waals surface area contributed by atoms with Crippen molar-refractivity contribution in [3.63, 3.8) is 0 Å². The molecule has 2 rings (SSSR count). The lowest BCUT2D eigenvalue weighted by Gasteiger charge is -2.13. The molecule has 2 aromatic rings. The van der Waals surface area contributed by atoms with Gasteiger partial charge in [0.25, 0.3) is 0 Å². The van der Waals surface area contributed by atoms with E-state index in [-0.39, 0.29) is 0 Å². The molecule has 0 heterocycles. The minimum absolute atomic E-state index is 0.981. The molecular formula is C17H21N. The summed E-state index contributed by atoms with van der Waals surface area (Å²) in [6, 6.07) is 15.1. The van der Waals surface area contributed by atoms with Crippen molar-refractivity contribution >= 4 is 5.69 Å². The zero-order valence-corrected chi connectivity index (χ0v) is 11.5. The monoisotopic (exact) mass is 239 g/mol. The summed E-state index contributed by atoms with van der Waals surface area (Å²) in [6.07, 6.45) is 1.06. The zero-order valence-electron chi connectivity index (χ0n) is 11.5. The fourth-order valence-electron chi connectivity index (χ4n) is 2.44. The van der Waals surface area contributed by atoms with Crippen LogP contribution in [0.3, 0.4) is 0 Å². The summed E-state index contributed by atoms with van der Waals surface area (Å²) in [6.45, 7) is 7.47. The van der Waals surface area contributed by atoms with Crippen LogP contribution in [0, 0.1) is 20.8 Å². The van der Waals surface area contributed by atoms with E-state index >= 15 is 0 Å². The number of aryl methyl sites for hydroxylation is 3. The van der Waals surface area contributed by atoms with Crippen molar-refractivity contribution in [3.05, 3.63) is 64.7 Å². The standard InChI is InChI=1S/C17H21N/c1-13-11-14(2)17(15(3)12-13)18-10-9-16-7-5-4-6-8-16/h4-8,11-12,18H,9-10H2,1-3H3. The van der Waals surface area contributed by atoms with E-state index in [0.29, 0.717) is 0 Å². The van der Waals surface area contributed by atoms with Gasteiger partial charge in [-0.05, 0) is 43.9 Å². The van der Waals surface area contributed by atoms with E-state index in [1.807, 2.05) is 0 Å². The number of hydrogen-bond acceptors (Lipinski definition) is 1. The van der Waals surface area contributed by atoms with Crippen molar-refractivity contribution in [2.75, 3.05) is 11.9 Å². The molecule has 94 valence electrons. The second kappa shape index (κ2) is 5.72. The zero-order chi connectivity index (χ0) is 13.0. The summed E-state index contributed by atoms with van der Waals surface area (Å²) in [5.41, 5.74) is 6.67. The minimum atomic E-state index is 0.981. The molecule has 0 spiro atoms. The second-order valence-electron chi connectivity index (χ2n) is 4.94. The molecule has 0 unspecified atom stereocenters. The highest BCUT2D eigenvalue weighted by molar-refractivity contribution is 5.58. The maximum Gasteiger partial charge on any atom is 0.0399 e. The summed E-state index contributed by atoms with van der Waals surface area (Å²) >= 11 is 0. The topological polar surface area (TPSA) is 12.0 Å². The molecule has 0 amide bonds. The quantitative estimate of drug-likeness (QED) is 0.840. The van der Waals surface area contributed by atoms with Crippen LogP contribution in [-0.2, 0) is 6.42 Å². The fraction of sp³-hybridized carbons (Fsp3) is 0.294. The third-order valence-electron chi connectivity index (χ3n) is 3.24. The average Bonchev–Trinajstić information content (AvgIpc) is 2.34. The minimum Gasteiger partial charge on any atom is -0.384 e. The van der Waals surface area contributed by atoms with Crippen molar-refractivity contribution in [2.24, 2.45) is 0 Å². The molecule has 0 saturated heterocycles. The van der Waals surface area contributed by atoms with Crippen LogP contribution in [0.15, 0.2) is 42.5 Å². The van der Waals surface area contributed by atoms with Crippen LogP contribution < -0.4 is 5.32 Å². The molecule has 0 aliphatic heterocycles. The molecule has 1 nitrogen and oxygen atoms in total. The summed E-state index contributed by atoms with van der Waals surface area (Å²) in [4.78, 5) is 0. The first-order chi connectivity index (χ1) is 8.66. The largest absolute Gasteiger partial charge is 0.384 e. The summed E-state index contributed by atoms with van der Waals surface area (Å²) in [7, 11) is 0. The van der Waals surface area contributed by atoms with Gasteiger partial charge in [-0.3, -0.25) is 0 Å². The van der Waals surface area contributed by atoms with Crippen molar-refractivity contribution in [1.29, 1.82) is 0 Å². The van der Waals surface area contributed by atoms with E-state index in [1.54, 1.807) is 0 Å². The van der Waals surface area contributed by atoms with E-state index < -0.39 is 0 Å². The van der Waals surface area contributed by atoms with E-state index in [4.69, 9.17) is 0 Å². The molecule has 2 aromatic carbocycles. The molecule has 0 aromatic heterocycles. The van der Waals surface area contributed by atoms with Crippen LogP contribution in [0.4, 0.5) is 5.69 Å². The Kier molecular flexibility index (Phi) is 4.03. The lowest BCUT2D eigenvalue weighted by atomic mass is 10.0. The van der Waals surface area contributed by atoms with Crippen molar-refractivity contribution in [2.45, 2.75) is 27.2 Å². The summed E-state index contributed by atoms with van der Waals surface area (Å²) in [5, 5.41) is 3.56. The first-order valence-electron chi connectivity index (χ1n) is 6.52. The van der Waals surface area contributed by atoms with Gasteiger partial charge in [0.2, 0.25) is 0 Å². The molecule has 0 aliphatic rings. The Labute approximate surface area is 110 Å². The molecule has 1 N–H and O–H groups in total. The van der Waals surface area contributed by atoms with Crippen LogP contribution in [0.25, 0.3) is 0 Å². The maximum atomic E-state index is 3.56. The molecule has 0 fully saturated rings. The van der Waals surface area contributed by atoms with Crippen molar-refractivity contribution < 1.29 is 0 Å². The van der Waals surface area contributed by atoms with Crippen molar-refractivity contribution in [3.8, 4) is 0 Å². The van der Waals surface area contributed by atoms with Crippen LogP contribution in [0.5, 0.6) is 0 Å². The molecule has 0 aliphatic carbocycles. The molecular weight excluding hydrogens is 218 g/mol. The van der Waals surface area contributed by atoms with Crippen LogP contribution in [-0.4, -0.2) is 6.54 Å². The van der Waals surface area contributed by atoms with Gasteiger partial charge in [0, 0.05) is 12.2 Å². The van der Waals surface area contributed by atoms with Gasteiger partial charge in [0.05, 0.1) is 0 Å². The van der Waals surface area contributed by atoms with E-state index in [0.717, 1.165) is 13.0 Å². The third-order valence-corrected chi connectivity index (χ3v) is 3.24. The number of benzene rings is 2. The lowest BCUT2D eigenvalue weighted by Crippen LogP contribution is -2.07. The first-order valence-corrected chi connectivity index (χ1v) is 6.52. The van der Waals surface area contributed by atoms with Gasteiger partial charge >= 0.3 is 0 Å². The van der Waals surface area contributed by atoms with Crippen LogP contribution in [0.2, 0.25) is 0 Å². The molecule has 0 saturated carbocycles. The molecule has 0 atom stereocenters. The molecule has 0 radical (unpaired) electrons. The van der Waals surface area contributed by atoms with E-state index in [2.05, 4.69) is 68.6 Å². The summed E-state index contributed by atoms with van der Waals surface area (Å²) in [5.74, 6) is 0. The highest BCUT2D eigenvalue weighted by atomic mass is 14.9. The average molecular weight is 239 g/mol. The van der Waals surface area contributed by atoms with Crippen LogP contribution >= 0.6 is 0 Å². The second-order valence-corrected chi connectivity index (χ2v) is 4.94. The lowest BCUT2D eigenvalue weighted by molar-refractivity contribution is 1.01. The Morgan fingerprint density at radius 3 is 2.11 bits per heavy atom. The highest BCUT2D eigenvalue weighted by Crippen LogP contribution is 2.21. The van der Waals surface area contributed by atoms with E-state index in [1.165, 1.54) is 27.9 Å². The van der Waals surface area contributed by atoms with Gasteiger partial charge in [-0.25, -0.2) is 0 Å². The number of anilines is 1. The smallest absolute Gasteiger partial charge is 0.0399 e. The molecule has 1 heteroatoms. The van der Waals surface area contributed by atoms with Gasteiger partial charge in [-0.2, -0.15) is 0 Å². The van der Waals surface area contributed by atoms with Crippen LogP contribution in [0.1, 0.15) is 22.3 Å². The van der Waals surface area contributed by atoms with Crippen molar-refractivity contribution in [1.82, 2.24) is 0 Å². The van der Waals surface area contributed by atoms with Gasteiger partial charge < -0.3 is 5.32 Å². The molecule has 18 heavy (non-hydrogen) atoms.